The summed E-state index contributed by atoms with van der Waals surface area (Å²) < 4.78 is 1.75. The summed E-state index contributed by atoms with van der Waals surface area (Å²) in [4.78, 5) is 0. The number of nitrogens with zero attached hydrogens (tertiary/aromatic N) is 2. The van der Waals surface area contributed by atoms with E-state index in [0.29, 0.717) is 6.04 Å². The minimum absolute atomic E-state index is 0.645. The van der Waals surface area contributed by atoms with Gasteiger partial charge in [0, 0.05) is 30.5 Å². The van der Waals surface area contributed by atoms with Gasteiger partial charge in [0.2, 0.25) is 0 Å². The van der Waals surface area contributed by atoms with Crippen LogP contribution in [0.15, 0.2) is 19.0 Å². The highest BCUT2D eigenvalue weighted by Gasteiger charge is 2.06. The summed E-state index contributed by atoms with van der Waals surface area (Å²) in [7, 11) is 0. The van der Waals surface area contributed by atoms with Crippen LogP contribution in [-0.4, -0.2) is 15.8 Å². The topological polar surface area (TPSA) is 29.9 Å². The first-order chi connectivity index (χ1) is 8.30. The van der Waals surface area contributed by atoms with Gasteiger partial charge in [0.15, 0.2) is 0 Å². The molecule has 96 valence electrons. The smallest absolute Gasteiger partial charge is 0.0538 e. The zero-order valence-electron chi connectivity index (χ0n) is 11.2. The van der Waals surface area contributed by atoms with Crippen molar-refractivity contribution in [3.63, 3.8) is 0 Å². The van der Waals surface area contributed by atoms with Crippen molar-refractivity contribution >= 4 is 6.20 Å². The van der Waals surface area contributed by atoms with E-state index in [1.165, 1.54) is 37.7 Å². The van der Waals surface area contributed by atoms with Crippen LogP contribution in [0, 0.1) is 0 Å². The van der Waals surface area contributed by atoms with Crippen LogP contribution in [0.5, 0.6) is 0 Å². The Balaban J connectivity index is 2.36. The van der Waals surface area contributed by atoms with Gasteiger partial charge in [-0.3, -0.25) is 0 Å². The number of nitrogens with one attached hydrogen (secondary N) is 1. The molecule has 1 N–H and O–H groups in total. The normalized spacial score (nSPS) is 12.6. The maximum Gasteiger partial charge on any atom is 0.0538 e. The summed E-state index contributed by atoms with van der Waals surface area (Å²) in [6.07, 6.45) is 12.0. The zero-order valence-corrected chi connectivity index (χ0v) is 11.2. The second-order valence-electron chi connectivity index (χ2n) is 4.52. The maximum atomic E-state index is 4.18. The summed E-state index contributed by atoms with van der Waals surface area (Å²) in [6.45, 7) is 9.09. The average molecular weight is 235 g/mol. The van der Waals surface area contributed by atoms with E-state index in [4.69, 9.17) is 0 Å². The first-order valence-corrected chi connectivity index (χ1v) is 6.69. The van der Waals surface area contributed by atoms with Crippen molar-refractivity contribution in [2.24, 2.45) is 0 Å². The molecule has 0 spiro atoms. The maximum absolute atomic E-state index is 4.18. The molecule has 1 heterocycles. The Morgan fingerprint density at radius 3 is 2.82 bits per heavy atom. The molecule has 0 aromatic carbocycles. The molecule has 0 saturated heterocycles. The Labute approximate surface area is 105 Å². The van der Waals surface area contributed by atoms with Crippen molar-refractivity contribution in [2.45, 2.75) is 58.5 Å². The minimum Gasteiger partial charge on any atom is -0.310 e. The lowest BCUT2D eigenvalue weighted by Crippen LogP contribution is -2.28. The van der Waals surface area contributed by atoms with Gasteiger partial charge < -0.3 is 5.32 Å². The van der Waals surface area contributed by atoms with Crippen LogP contribution in [0.2, 0.25) is 0 Å². The van der Waals surface area contributed by atoms with Crippen molar-refractivity contribution in [2.75, 3.05) is 0 Å². The number of hydrogen-bond acceptors (Lipinski definition) is 2. The van der Waals surface area contributed by atoms with Gasteiger partial charge in [-0.25, -0.2) is 4.68 Å². The second kappa shape index (κ2) is 8.07. The van der Waals surface area contributed by atoms with Gasteiger partial charge in [-0.15, -0.1) is 0 Å². The fraction of sp³-hybridized carbons (Fsp3) is 0.643. The third-order valence-electron chi connectivity index (χ3n) is 2.98. The molecule has 0 radical (unpaired) electrons. The quantitative estimate of drug-likeness (QED) is 0.710. The predicted molar refractivity (Wildman–Crippen MR) is 73.7 cm³/mol. The van der Waals surface area contributed by atoms with Gasteiger partial charge in [-0.2, -0.15) is 5.10 Å². The Hall–Kier alpha value is -1.09. The standard InChI is InChI=1S/C14H25N3/c1-4-7-9-14(8-5-2)15-10-13-11-16-17(6-3)12-13/h6,11-12,14-15H,3-5,7-10H2,1-2H3. The number of unbranched alkanes of at least 4 members (excludes halogenated alkanes) is 1. The fourth-order valence-corrected chi connectivity index (χ4v) is 1.98. The van der Waals surface area contributed by atoms with E-state index in [1.807, 2.05) is 12.4 Å². The largest absolute Gasteiger partial charge is 0.310 e. The lowest BCUT2D eigenvalue weighted by atomic mass is 10.1. The van der Waals surface area contributed by atoms with Crippen molar-refractivity contribution in [3.8, 4) is 0 Å². The third-order valence-corrected chi connectivity index (χ3v) is 2.98. The van der Waals surface area contributed by atoms with Gasteiger partial charge in [-0.05, 0) is 12.8 Å². The highest BCUT2D eigenvalue weighted by Crippen LogP contribution is 2.08. The molecule has 1 rings (SSSR count). The van der Waals surface area contributed by atoms with E-state index < -0.39 is 0 Å². The van der Waals surface area contributed by atoms with Gasteiger partial charge in [0.1, 0.15) is 0 Å². The van der Waals surface area contributed by atoms with E-state index in [1.54, 1.807) is 10.9 Å². The fourth-order valence-electron chi connectivity index (χ4n) is 1.98. The van der Waals surface area contributed by atoms with Crippen LogP contribution < -0.4 is 5.32 Å². The molecule has 17 heavy (non-hydrogen) atoms. The van der Waals surface area contributed by atoms with Gasteiger partial charge in [-0.1, -0.05) is 39.7 Å². The molecule has 0 saturated carbocycles. The Morgan fingerprint density at radius 1 is 1.41 bits per heavy atom. The molecule has 3 heteroatoms. The van der Waals surface area contributed by atoms with Crippen LogP contribution in [0.3, 0.4) is 0 Å². The molecule has 1 aromatic rings. The molecule has 0 bridgehead atoms. The average Bonchev–Trinajstić information content (AvgIpc) is 2.80. The summed E-state index contributed by atoms with van der Waals surface area (Å²) in [5, 5.41) is 7.80. The number of aromatic nitrogens is 2. The lowest BCUT2D eigenvalue weighted by molar-refractivity contribution is 0.434. The van der Waals surface area contributed by atoms with Crippen molar-refractivity contribution in [1.29, 1.82) is 0 Å². The van der Waals surface area contributed by atoms with E-state index in [9.17, 15) is 0 Å². The van der Waals surface area contributed by atoms with Gasteiger partial charge in [0.05, 0.1) is 6.20 Å². The van der Waals surface area contributed by atoms with E-state index in [2.05, 4.69) is 30.8 Å². The molecule has 0 aliphatic rings. The molecular formula is C14H25N3. The lowest BCUT2D eigenvalue weighted by Gasteiger charge is -2.17. The van der Waals surface area contributed by atoms with Crippen LogP contribution in [0.4, 0.5) is 0 Å². The Bertz CT molecular complexity index is 317. The number of rotatable bonds is 9. The summed E-state index contributed by atoms with van der Waals surface area (Å²) in [5.41, 5.74) is 1.22. The third kappa shape index (κ3) is 5.18. The van der Waals surface area contributed by atoms with Crippen molar-refractivity contribution in [1.82, 2.24) is 15.1 Å². The molecule has 0 aliphatic carbocycles. The van der Waals surface area contributed by atoms with E-state index in [0.717, 1.165) is 6.54 Å². The van der Waals surface area contributed by atoms with Gasteiger partial charge >= 0.3 is 0 Å². The highest BCUT2D eigenvalue weighted by molar-refractivity contribution is 5.17. The monoisotopic (exact) mass is 235 g/mol. The molecule has 1 unspecified atom stereocenters. The summed E-state index contributed by atoms with van der Waals surface area (Å²) in [5.74, 6) is 0. The van der Waals surface area contributed by atoms with Crippen LogP contribution >= 0.6 is 0 Å². The highest BCUT2D eigenvalue weighted by atomic mass is 15.2. The summed E-state index contributed by atoms with van der Waals surface area (Å²) >= 11 is 0. The Kier molecular flexibility index (Phi) is 6.63. The van der Waals surface area contributed by atoms with Gasteiger partial charge in [0.25, 0.3) is 0 Å². The molecule has 1 aromatic heterocycles. The van der Waals surface area contributed by atoms with E-state index >= 15 is 0 Å². The first kappa shape index (κ1) is 14.0. The SMILES string of the molecule is C=Cn1cc(CNC(CCC)CCCC)cn1. The molecule has 0 fully saturated rings. The zero-order chi connectivity index (χ0) is 12.5. The molecular weight excluding hydrogens is 210 g/mol. The molecule has 0 aliphatic heterocycles. The molecule has 0 amide bonds. The minimum atomic E-state index is 0.645. The van der Waals surface area contributed by atoms with E-state index in [-0.39, 0.29) is 0 Å². The van der Waals surface area contributed by atoms with Crippen LogP contribution in [0.1, 0.15) is 51.5 Å². The molecule has 1 atom stereocenters. The second-order valence-corrected chi connectivity index (χ2v) is 4.52. The number of hydrogen-bond donors (Lipinski definition) is 1. The summed E-state index contributed by atoms with van der Waals surface area (Å²) in [6, 6.07) is 0.645. The molecule has 3 nitrogen and oxygen atoms in total. The van der Waals surface area contributed by atoms with Crippen molar-refractivity contribution in [3.05, 3.63) is 24.5 Å². The Morgan fingerprint density at radius 2 is 2.24 bits per heavy atom. The first-order valence-electron chi connectivity index (χ1n) is 6.69. The predicted octanol–water partition coefficient (Wildman–Crippen LogP) is 3.43. The van der Waals surface area contributed by atoms with Crippen LogP contribution in [-0.2, 0) is 6.54 Å². The van der Waals surface area contributed by atoms with Crippen LogP contribution in [0.25, 0.3) is 6.20 Å². The van der Waals surface area contributed by atoms with Crippen molar-refractivity contribution < 1.29 is 0 Å².